The van der Waals surface area contributed by atoms with Crippen molar-refractivity contribution in [1.82, 2.24) is 15.0 Å². The minimum absolute atomic E-state index is 0.0795. The second-order valence-corrected chi connectivity index (χ2v) is 6.20. The lowest BCUT2D eigenvalue weighted by Gasteiger charge is -2.39. The number of hydrogen-bond donors (Lipinski definition) is 0. The number of pyridine rings is 1. The Morgan fingerprint density at radius 3 is 2.96 bits per heavy atom. The van der Waals surface area contributed by atoms with Crippen LogP contribution in [0.15, 0.2) is 43.0 Å². The van der Waals surface area contributed by atoms with Crippen LogP contribution >= 0.6 is 0 Å². The summed E-state index contributed by atoms with van der Waals surface area (Å²) in [5, 5.41) is 0. The van der Waals surface area contributed by atoms with Gasteiger partial charge in [-0.1, -0.05) is 0 Å². The molecule has 0 aliphatic carbocycles. The van der Waals surface area contributed by atoms with Crippen molar-refractivity contribution in [1.29, 1.82) is 0 Å². The van der Waals surface area contributed by atoms with E-state index in [1.54, 1.807) is 24.8 Å². The van der Waals surface area contributed by atoms with Crippen LogP contribution in [0.4, 0.5) is 5.95 Å². The number of anilines is 1. The highest BCUT2D eigenvalue weighted by atomic mass is 16.6. The third-order valence-corrected chi connectivity index (χ3v) is 4.49. The predicted molar refractivity (Wildman–Crippen MR) is 85.4 cm³/mol. The van der Waals surface area contributed by atoms with Gasteiger partial charge >= 0.3 is 0 Å². The molecule has 0 radical (unpaired) electrons. The van der Waals surface area contributed by atoms with Crippen molar-refractivity contribution in [2.75, 3.05) is 24.6 Å². The Morgan fingerprint density at radius 2 is 2.13 bits per heavy atom. The molecule has 2 aliphatic heterocycles. The molecule has 2 atom stereocenters. The Kier molecular flexibility index (Phi) is 3.83. The molecule has 2 fully saturated rings. The Balaban J connectivity index is 1.43. The van der Waals surface area contributed by atoms with E-state index < -0.39 is 0 Å². The fourth-order valence-electron chi connectivity index (χ4n) is 3.50. The second-order valence-electron chi connectivity index (χ2n) is 6.20. The number of rotatable bonds is 3. The summed E-state index contributed by atoms with van der Waals surface area (Å²) in [4.78, 5) is 15.0. The molecule has 6 nitrogen and oxygen atoms in total. The van der Waals surface area contributed by atoms with E-state index in [1.807, 2.05) is 18.2 Å². The normalized spacial score (nSPS) is 27.3. The van der Waals surface area contributed by atoms with E-state index in [1.165, 1.54) is 0 Å². The summed E-state index contributed by atoms with van der Waals surface area (Å²) in [6.07, 6.45) is 10.2. The standard InChI is InChI=1S/C17H20N4O2/c1-4-14(11-18-6-1)23-15-10-17(22-12-15)5-2-9-21(13-17)16-19-7-3-8-20-16/h1,3-4,6-8,11,15H,2,5,9-10,12-13H2. The molecule has 2 aromatic rings. The molecule has 0 amide bonds. The van der Waals surface area contributed by atoms with Gasteiger partial charge in [0, 0.05) is 38.1 Å². The van der Waals surface area contributed by atoms with E-state index in [2.05, 4.69) is 19.9 Å². The minimum atomic E-state index is -0.148. The van der Waals surface area contributed by atoms with Crippen LogP contribution in [0.5, 0.6) is 5.75 Å². The van der Waals surface area contributed by atoms with Gasteiger partial charge < -0.3 is 14.4 Å². The van der Waals surface area contributed by atoms with Crippen LogP contribution in [0.2, 0.25) is 0 Å². The molecule has 1 spiro atoms. The topological polar surface area (TPSA) is 60.4 Å². The SMILES string of the molecule is c1cnc(N2CCCC3(CC(Oc4cccnc4)CO3)C2)nc1. The maximum absolute atomic E-state index is 6.18. The van der Waals surface area contributed by atoms with Crippen molar-refractivity contribution in [3.8, 4) is 5.75 Å². The average molecular weight is 312 g/mol. The Bertz CT molecular complexity index is 640. The van der Waals surface area contributed by atoms with Gasteiger partial charge in [0.2, 0.25) is 5.95 Å². The number of piperidine rings is 1. The van der Waals surface area contributed by atoms with Crippen LogP contribution in [0.3, 0.4) is 0 Å². The summed E-state index contributed by atoms with van der Waals surface area (Å²) in [6.45, 7) is 2.42. The highest BCUT2D eigenvalue weighted by molar-refractivity contribution is 5.31. The molecular weight excluding hydrogens is 292 g/mol. The summed E-state index contributed by atoms with van der Waals surface area (Å²) >= 11 is 0. The molecule has 0 aromatic carbocycles. The Morgan fingerprint density at radius 1 is 1.22 bits per heavy atom. The largest absolute Gasteiger partial charge is 0.486 e. The van der Waals surface area contributed by atoms with Gasteiger partial charge in [-0.25, -0.2) is 9.97 Å². The lowest BCUT2D eigenvalue weighted by molar-refractivity contribution is -0.00845. The van der Waals surface area contributed by atoms with Crippen molar-refractivity contribution in [2.45, 2.75) is 31.0 Å². The van der Waals surface area contributed by atoms with Crippen molar-refractivity contribution < 1.29 is 9.47 Å². The lowest BCUT2D eigenvalue weighted by atomic mass is 9.89. The zero-order valence-corrected chi connectivity index (χ0v) is 13.0. The first-order valence-corrected chi connectivity index (χ1v) is 8.06. The number of ether oxygens (including phenoxy) is 2. The molecule has 4 rings (SSSR count). The summed E-state index contributed by atoms with van der Waals surface area (Å²) in [6, 6.07) is 5.66. The Labute approximate surface area is 135 Å². The lowest BCUT2D eigenvalue weighted by Crippen LogP contribution is -2.48. The van der Waals surface area contributed by atoms with Gasteiger partial charge in [-0.2, -0.15) is 0 Å². The molecule has 6 heteroatoms. The minimum Gasteiger partial charge on any atom is -0.486 e. The van der Waals surface area contributed by atoms with Gasteiger partial charge in [0.05, 0.1) is 18.4 Å². The number of nitrogens with zero attached hydrogens (tertiary/aromatic N) is 4. The first kappa shape index (κ1) is 14.4. The van der Waals surface area contributed by atoms with Crippen LogP contribution in [-0.4, -0.2) is 46.4 Å². The quantitative estimate of drug-likeness (QED) is 0.865. The van der Waals surface area contributed by atoms with E-state index in [0.717, 1.165) is 44.0 Å². The molecule has 0 N–H and O–H groups in total. The van der Waals surface area contributed by atoms with Gasteiger partial charge in [-0.05, 0) is 31.0 Å². The highest BCUT2D eigenvalue weighted by Crippen LogP contribution is 2.36. The van der Waals surface area contributed by atoms with Gasteiger partial charge in [-0.3, -0.25) is 4.98 Å². The van der Waals surface area contributed by atoms with Crippen molar-refractivity contribution in [2.24, 2.45) is 0 Å². The molecule has 2 aliphatic rings. The van der Waals surface area contributed by atoms with Crippen LogP contribution in [0.1, 0.15) is 19.3 Å². The first-order valence-electron chi connectivity index (χ1n) is 8.06. The second kappa shape index (κ2) is 6.12. The zero-order chi connectivity index (χ0) is 15.5. The highest BCUT2D eigenvalue weighted by Gasteiger charge is 2.45. The van der Waals surface area contributed by atoms with E-state index in [0.29, 0.717) is 6.61 Å². The number of hydrogen-bond acceptors (Lipinski definition) is 6. The average Bonchev–Trinajstić information content (AvgIpc) is 2.98. The van der Waals surface area contributed by atoms with Gasteiger partial charge in [0.15, 0.2) is 0 Å². The monoisotopic (exact) mass is 312 g/mol. The smallest absolute Gasteiger partial charge is 0.225 e. The third-order valence-electron chi connectivity index (χ3n) is 4.49. The number of aromatic nitrogens is 3. The molecule has 120 valence electrons. The zero-order valence-electron chi connectivity index (χ0n) is 13.0. The molecule has 0 saturated carbocycles. The summed E-state index contributed by atoms with van der Waals surface area (Å²) in [5.41, 5.74) is -0.148. The van der Waals surface area contributed by atoms with Crippen molar-refractivity contribution >= 4 is 5.95 Å². The Hall–Kier alpha value is -2.21. The molecule has 4 heterocycles. The van der Waals surface area contributed by atoms with Gasteiger partial charge in [-0.15, -0.1) is 0 Å². The fraction of sp³-hybridized carbons (Fsp3) is 0.471. The van der Waals surface area contributed by atoms with E-state index >= 15 is 0 Å². The van der Waals surface area contributed by atoms with E-state index in [9.17, 15) is 0 Å². The summed E-state index contributed by atoms with van der Waals surface area (Å²) in [5.74, 6) is 1.59. The van der Waals surface area contributed by atoms with Crippen LogP contribution in [0.25, 0.3) is 0 Å². The maximum atomic E-state index is 6.18. The molecular formula is C17H20N4O2. The summed E-state index contributed by atoms with van der Waals surface area (Å²) in [7, 11) is 0. The van der Waals surface area contributed by atoms with Crippen LogP contribution in [0, 0.1) is 0 Å². The predicted octanol–water partition coefficient (Wildman–Crippen LogP) is 2.08. The molecule has 2 unspecified atom stereocenters. The molecule has 0 bridgehead atoms. The van der Waals surface area contributed by atoms with Gasteiger partial charge in [0.25, 0.3) is 0 Å². The van der Waals surface area contributed by atoms with Crippen LogP contribution < -0.4 is 9.64 Å². The maximum Gasteiger partial charge on any atom is 0.225 e. The van der Waals surface area contributed by atoms with Crippen LogP contribution in [-0.2, 0) is 4.74 Å². The van der Waals surface area contributed by atoms with E-state index in [4.69, 9.17) is 9.47 Å². The first-order chi connectivity index (χ1) is 11.3. The third kappa shape index (κ3) is 3.12. The summed E-state index contributed by atoms with van der Waals surface area (Å²) < 4.78 is 12.2. The molecule has 2 saturated heterocycles. The van der Waals surface area contributed by atoms with Gasteiger partial charge in [0.1, 0.15) is 11.9 Å². The molecule has 2 aromatic heterocycles. The fourth-order valence-corrected chi connectivity index (χ4v) is 3.50. The molecule has 23 heavy (non-hydrogen) atoms. The van der Waals surface area contributed by atoms with E-state index in [-0.39, 0.29) is 11.7 Å². The van der Waals surface area contributed by atoms with Crippen molar-refractivity contribution in [3.05, 3.63) is 43.0 Å². The van der Waals surface area contributed by atoms with Crippen molar-refractivity contribution in [3.63, 3.8) is 0 Å².